The summed E-state index contributed by atoms with van der Waals surface area (Å²) in [5.74, 6) is -1.25. The predicted molar refractivity (Wildman–Crippen MR) is 171 cm³/mol. The van der Waals surface area contributed by atoms with Crippen molar-refractivity contribution in [3.8, 4) is 0 Å². The number of fused-ring (bicyclic) bond motifs is 3. The molecule has 234 valence electrons. The van der Waals surface area contributed by atoms with Crippen LogP contribution in [-0.4, -0.2) is 47.9 Å². The van der Waals surface area contributed by atoms with Gasteiger partial charge in [-0.05, 0) is 54.9 Å². The molecule has 0 bridgehead atoms. The fourth-order valence-electron chi connectivity index (χ4n) is 7.29. The molecule has 3 N–H and O–H groups in total. The number of hydrogen-bond donors (Lipinski definition) is 3. The highest BCUT2D eigenvalue weighted by molar-refractivity contribution is 6.72. The lowest BCUT2D eigenvalue weighted by atomic mass is 9.82. The van der Waals surface area contributed by atoms with Crippen LogP contribution in [0.1, 0.15) is 30.0 Å². The number of carbonyl (C=O) groups excluding carboxylic acids is 2. The molecule has 1 spiro atoms. The molecule has 6 rings (SSSR count). The second-order valence-electron chi connectivity index (χ2n) is 12.4. The molecule has 3 heterocycles. The quantitative estimate of drug-likeness (QED) is 0.0903. The number of anilines is 2. The third-order valence-electron chi connectivity index (χ3n) is 9.15. The summed E-state index contributed by atoms with van der Waals surface area (Å²) in [6, 6.07) is 19.1. The van der Waals surface area contributed by atoms with Gasteiger partial charge in [-0.2, -0.15) is 0 Å². The van der Waals surface area contributed by atoms with Crippen LogP contribution in [0.15, 0.2) is 72.9 Å². The maximum absolute atomic E-state index is 15.8. The molecule has 4 atom stereocenters. The molecule has 45 heavy (non-hydrogen) atoms. The van der Waals surface area contributed by atoms with Gasteiger partial charge in [0.05, 0.1) is 29.7 Å². The molecule has 2 aliphatic heterocycles. The van der Waals surface area contributed by atoms with Crippen molar-refractivity contribution in [1.29, 1.82) is 0 Å². The predicted octanol–water partition coefficient (Wildman–Crippen LogP) is 5.96. The summed E-state index contributed by atoms with van der Waals surface area (Å²) in [7, 11) is -3.41. The van der Waals surface area contributed by atoms with E-state index >= 15 is 4.11 Å². The zero-order valence-corrected chi connectivity index (χ0v) is 26.2. The lowest BCUT2D eigenvalue weighted by Gasteiger charge is -2.31. The molecule has 1 fully saturated rings. The summed E-state index contributed by atoms with van der Waals surface area (Å²) in [4.78, 5) is 43.4. The van der Waals surface area contributed by atoms with Crippen molar-refractivity contribution in [2.24, 2.45) is 5.92 Å². The molecule has 1 aromatic heterocycles. The van der Waals surface area contributed by atoms with Crippen LogP contribution in [0.4, 0.5) is 21.2 Å². The van der Waals surface area contributed by atoms with Crippen LogP contribution in [0.5, 0.6) is 0 Å². The van der Waals surface area contributed by atoms with Gasteiger partial charge in [0.2, 0.25) is 14.3 Å². The minimum atomic E-state index is -3.41. The van der Waals surface area contributed by atoms with E-state index in [1.54, 1.807) is 38.2 Å². The van der Waals surface area contributed by atoms with Crippen LogP contribution < -0.4 is 10.2 Å². The van der Waals surface area contributed by atoms with Gasteiger partial charge < -0.3 is 29.2 Å². The van der Waals surface area contributed by atoms with Gasteiger partial charge in [0.1, 0.15) is 0 Å². The van der Waals surface area contributed by atoms with Crippen LogP contribution in [0, 0.1) is 16.0 Å². The van der Waals surface area contributed by atoms with Crippen molar-refractivity contribution in [2.45, 2.75) is 56.7 Å². The van der Waals surface area contributed by atoms with Crippen LogP contribution in [-0.2, 0) is 32.9 Å². The van der Waals surface area contributed by atoms with Gasteiger partial charge in [-0.15, -0.1) is 0 Å². The Morgan fingerprint density at radius 2 is 1.96 bits per heavy atom. The Kier molecular flexibility index (Phi) is 7.84. The third kappa shape index (κ3) is 5.32. The summed E-state index contributed by atoms with van der Waals surface area (Å²) in [5, 5.41) is 25.4. The Balaban J connectivity index is 1.30. The highest BCUT2D eigenvalue weighted by Crippen LogP contribution is 2.60. The number of nitro benzene ring substituents is 1. The van der Waals surface area contributed by atoms with Crippen molar-refractivity contribution >= 4 is 48.2 Å². The smallest absolute Gasteiger partial charge is 0.269 e. The molecule has 2 aliphatic rings. The molecule has 10 nitrogen and oxygen atoms in total. The molecule has 0 radical (unpaired) electrons. The maximum Gasteiger partial charge on any atom is 0.269 e. The van der Waals surface area contributed by atoms with E-state index in [1.165, 1.54) is 23.1 Å². The summed E-state index contributed by atoms with van der Waals surface area (Å²) >= 11 is 0. The fourth-order valence-corrected chi connectivity index (χ4v) is 9.83. The number of carbonyl (C=O) groups is 2. The normalized spacial score (nSPS) is 22.7. The van der Waals surface area contributed by atoms with E-state index in [1.807, 2.05) is 36.5 Å². The second-order valence-corrected chi connectivity index (χ2v) is 16.2. The topological polar surface area (TPSA) is 138 Å². The van der Waals surface area contributed by atoms with Crippen LogP contribution in [0.2, 0.25) is 18.6 Å². The molecule has 2 amide bonds. The summed E-state index contributed by atoms with van der Waals surface area (Å²) in [6.07, 6.45) is 1.43. The van der Waals surface area contributed by atoms with Crippen molar-refractivity contribution in [1.82, 2.24) is 4.98 Å². The Bertz CT molecular complexity index is 1810. The molecule has 0 aliphatic carbocycles. The molecular weight excluding hydrogens is 595 g/mol. The number of nitrogens with zero attached hydrogens (tertiary/aromatic N) is 2. The zero-order valence-electron chi connectivity index (χ0n) is 25.2. The number of hydrogen-bond acceptors (Lipinski definition) is 6. The minimum absolute atomic E-state index is 0.0966. The van der Waals surface area contributed by atoms with Crippen LogP contribution >= 0.6 is 0 Å². The molecular formula is C33H35FN4O6Si. The minimum Gasteiger partial charge on any atom is -0.396 e. The van der Waals surface area contributed by atoms with E-state index in [0.29, 0.717) is 22.5 Å². The number of ether oxygens (including phenoxy) is 1. The van der Waals surface area contributed by atoms with Crippen molar-refractivity contribution < 1.29 is 28.5 Å². The average Bonchev–Trinajstić information content (AvgIpc) is 3.60. The van der Waals surface area contributed by atoms with Gasteiger partial charge in [0.25, 0.3) is 11.6 Å². The molecule has 0 saturated carbocycles. The number of nitrogens with one attached hydrogen (secondary N) is 2. The Morgan fingerprint density at radius 1 is 1.18 bits per heavy atom. The highest BCUT2D eigenvalue weighted by Gasteiger charge is 2.66. The Morgan fingerprint density at radius 3 is 2.69 bits per heavy atom. The number of para-hydroxylation sites is 1. The van der Waals surface area contributed by atoms with E-state index < -0.39 is 42.4 Å². The van der Waals surface area contributed by atoms with Gasteiger partial charge in [0.15, 0.2) is 5.60 Å². The summed E-state index contributed by atoms with van der Waals surface area (Å²) in [5.41, 5.74) is 1.44. The Hall–Kier alpha value is -4.39. The monoisotopic (exact) mass is 630 g/mol. The van der Waals surface area contributed by atoms with Crippen molar-refractivity contribution in [2.75, 3.05) is 16.8 Å². The number of aliphatic hydroxyl groups is 1. The number of non-ortho nitro benzene ring substituents is 1. The molecule has 4 aromatic rings. The standard InChI is InChI=1S/C33H35FN4O6Si/c1-20-31(45(2,3)34)29(13-14-39)44-33(20)26-17-24(38(42)43)11-12-28(26)37(32(33)41)19-21-7-6-8-23(15-21)36-30(40)16-22-18-35-27-10-5-4-9-25(22)27/h4-12,15,17-18,20,29,31,35,39H,13-14,16,19H2,1-3H3,(H,36,40)/t20-,29+,31-,33+/m0/s1. The van der Waals surface area contributed by atoms with Crippen molar-refractivity contribution in [3.05, 3.63) is 99.7 Å². The number of aliphatic hydroxyl groups excluding tert-OH is 1. The van der Waals surface area contributed by atoms with Gasteiger partial charge in [-0.25, -0.2) is 0 Å². The first-order valence-electron chi connectivity index (χ1n) is 15.0. The van der Waals surface area contributed by atoms with Gasteiger partial charge in [0, 0.05) is 58.5 Å². The number of nitro groups is 1. The molecule has 0 unspecified atom stereocenters. The summed E-state index contributed by atoms with van der Waals surface area (Å²) < 4.78 is 22.2. The van der Waals surface area contributed by atoms with Gasteiger partial charge in [-0.3, -0.25) is 19.7 Å². The molecule has 1 saturated heterocycles. The van der Waals surface area contributed by atoms with Gasteiger partial charge >= 0.3 is 0 Å². The Labute approximate surface area is 260 Å². The number of aromatic amines is 1. The number of H-pyrrole nitrogens is 1. The largest absolute Gasteiger partial charge is 0.396 e. The van der Waals surface area contributed by atoms with Gasteiger partial charge in [-0.1, -0.05) is 37.3 Å². The number of benzene rings is 3. The second kappa shape index (κ2) is 11.5. The zero-order chi connectivity index (χ0) is 32.1. The van der Waals surface area contributed by atoms with E-state index in [2.05, 4.69) is 10.3 Å². The van der Waals surface area contributed by atoms with E-state index in [9.17, 15) is 24.8 Å². The average molecular weight is 631 g/mol. The number of halogens is 1. The van der Waals surface area contributed by atoms with Crippen LogP contribution in [0.25, 0.3) is 10.9 Å². The first-order valence-corrected chi connectivity index (χ1v) is 17.9. The third-order valence-corrected chi connectivity index (χ3v) is 11.6. The number of aromatic nitrogens is 1. The maximum atomic E-state index is 15.8. The fraction of sp³-hybridized carbons (Fsp3) is 0.333. The first kappa shape index (κ1) is 30.6. The molecule has 12 heteroatoms. The van der Waals surface area contributed by atoms with E-state index in [4.69, 9.17) is 4.74 Å². The number of rotatable bonds is 9. The summed E-state index contributed by atoms with van der Waals surface area (Å²) in [6.45, 7) is 4.74. The lowest BCUT2D eigenvalue weighted by Crippen LogP contribution is -2.45. The SMILES string of the molecule is C[C@H]1[C@H]([Si](C)(C)F)[C@@H](CCO)O[C@]12C(=O)N(Cc1cccc(NC(=O)Cc3c[nH]c4ccccc34)c1)c1ccc([N+](=O)[O-])cc12. The van der Waals surface area contributed by atoms with E-state index in [-0.39, 0.29) is 37.6 Å². The van der Waals surface area contributed by atoms with Crippen molar-refractivity contribution in [3.63, 3.8) is 0 Å². The first-order chi connectivity index (χ1) is 21.4. The molecule has 3 aromatic carbocycles. The number of amides is 2. The van der Waals surface area contributed by atoms with Crippen LogP contribution in [0.3, 0.4) is 0 Å². The highest BCUT2D eigenvalue weighted by atomic mass is 28.4. The lowest BCUT2D eigenvalue weighted by molar-refractivity contribution is -0.385. The van der Waals surface area contributed by atoms with E-state index in [0.717, 1.165) is 16.5 Å².